The Morgan fingerprint density at radius 1 is 1.27 bits per heavy atom. The summed E-state index contributed by atoms with van der Waals surface area (Å²) >= 11 is 1.73. The summed E-state index contributed by atoms with van der Waals surface area (Å²) in [5.74, 6) is 0.868. The number of carbonyl (C=O) groups excluding carboxylic acids is 1. The van der Waals surface area contributed by atoms with Crippen LogP contribution in [-0.4, -0.2) is 44.5 Å². The summed E-state index contributed by atoms with van der Waals surface area (Å²) in [7, 11) is 0. The second kappa shape index (κ2) is 8.29. The predicted molar refractivity (Wildman–Crippen MR) is 114 cm³/mol. The summed E-state index contributed by atoms with van der Waals surface area (Å²) in [4.78, 5) is 24.1. The molecule has 1 N–H and O–H groups in total. The molecule has 5 rings (SSSR count). The molecule has 0 radical (unpaired) electrons. The summed E-state index contributed by atoms with van der Waals surface area (Å²) in [5.41, 5.74) is 1.83. The molecule has 30 heavy (non-hydrogen) atoms. The van der Waals surface area contributed by atoms with Gasteiger partial charge in [0.25, 0.3) is 5.91 Å². The van der Waals surface area contributed by atoms with E-state index in [9.17, 15) is 4.79 Å². The number of piperidine rings is 1. The lowest BCUT2D eigenvalue weighted by atomic mass is 9.88. The van der Waals surface area contributed by atoms with Crippen LogP contribution < -0.4 is 5.32 Å². The van der Waals surface area contributed by atoms with Gasteiger partial charge in [-0.25, -0.2) is 4.98 Å². The van der Waals surface area contributed by atoms with Crippen molar-refractivity contribution in [3.8, 4) is 0 Å². The molecule has 8 heteroatoms. The van der Waals surface area contributed by atoms with Gasteiger partial charge in [-0.2, -0.15) is 11.3 Å². The van der Waals surface area contributed by atoms with Crippen LogP contribution in [0.15, 0.2) is 53.7 Å². The zero-order chi connectivity index (χ0) is 20.4. The van der Waals surface area contributed by atoms with Crippen molar-refractivity contribution >= 4 is 17.2 Å². The number of carbonyl (C=O) groups is 1. The van der Waals surface area contributed by atoms with Crippen molar-refractivity contribution in [2.45, 2.75) is 44.2 Å². The fourth-order valence-electron chi connectivity index (χ4n) is 4.39. The summed E-state index contributed by atoms with van der Waals surface area (Å²) in [5, 5.41) is 7.33. The molecule has 3 aromatic heterocycles. The molecule has 0 aliphatic carbocycles. The van der Waals surface area contributed by atoms with Crippen molar-refractivity contribution in [1.82, 2.24) is 24.8 Å². The van der Waals surface area contributed by atoms with Crippen molar-refractivity contribution < 1.29 is 9.53 Å². The molecule has 1 atom stereocenters. The second-order valence-electron chi connectivity index (χ2n) is 7.99. The Morgan fingerprint density at radius 3 is 2.93 bits per heavy atom. The van der Waals surface area contributed by atoms with Gasteiger partial charge in [0.2, 0.25) is 0 Å². The number of imidazole rings is 1. The number of nitrogens with zero attached hydrogens (tertiary/aromatic N) is 4. The Labute approximate surface area is 179 Å². The topological polar surface area (TPSA) is 72.3 Å². The first-order valence-electron chi connectivity index (χ1n) is 10.3. The van der Waals surface area contributed by atoms with Crippen LogP contribution in [0, 0.1) is 0 Å². The highest BCUT2D eigenvalue weighted by molar-refractivity contribution is 7.07. The number of fused-ring (bicyclic) bond motifs is 2. The number of aromatic nitrogens is 3. The van der Waals surface area contributed by atoms with Crippen LogP contribution >= 0.6 is 11.3 Å². The van der Waals surface area contributed by atoms with Crippen LogP contribution in [0.4, 0.5) is 0 Å². The lowest BCUT2D eigenvalue weighted by molar-refractivity contribution is -0.174. The smallest absolute Gasteiger partial charge is 0.251 e. The summed E-state index contributed by atoms with van der Waals surface area (Å²) in [6.07, 6.45) is 8.41. The van der Waals surface area contributed by atoms with Crippen molar-refractivity contribution in [2.24, 2.45) is 0 Å². The number of hydrogen-bond donors (Lipinski definition) is 1. The Morgan fingerprint density at radius 2 is 2.17 bits per heavy atom. The second-order valence-corrected chi connectivity index (χ2v) is 8.77. The van der Waals surface area contributed by atoms with Gasteiger partial charge in [-0.05, 0) is 46.9 Å². The summed E-state index contributed by atoms with van der Waals surface area (Å²) < 4.78 is 8.59. The third-order valence-electron chi connectivity index (χ3n) is 5.99. The van der Waals surface area contributed by atoms with E-state index in [2.05, 4.69) is 41.6 Å². The molecule has 2 aliphatic heterocycles. The van der Waals surface area contributed by atoms with E-state index in [0.29, 0.717) is 13.1 Å². The molecule has 0 aromatic carbocycles. The predicted octanol–water partition coefficient (Wildman–Crippen LogP) is 2.55. The zero-order valence-electron chi connectivity index (χ0n) is 16.7. The molecule has 0 bridgehead atoms. The van der Waals surface area contributed by atoms with E-state index in [1.54, 1.807) is 23.7 Å². The molecule has 7 nitrogen and oxygen atoms in total. The molecule has 3 aromatic rings. The molecular weight excluding hydrogens is 398 g/mol. The molecule has 0 saturated carbocycles. The van der Waals surface area contributed by atoms with Crippen molar-refractivity contribution in [3.63, 3.8) is 0 Å². The van der Waals surface area contributed by atoms with Gasteiger partial charge >= 0.3 is 0 Å². The van der Waals surface area contributed by atoms with Gasteiger partial charge in [-0.1, -0.05) is 6.07 Å². The monoisotopic (exact) mass is 423 g/mol. The van der Waals surface area contributed by atoms with Crippen LogP contribution in [0.1, 0.15) is 29.8 Å². The average molecular weight is 424 g/mol. The van der Waals surface area contributed by atoms with Crippen molar-refractivity contribution in [3.05, 3.63) is 70.7 Å². The molecule has 156 valence electrons. The summed E-state index contributed by atoms with van der Waals surface area (Å²) in [6, 6.07) is 6.00. The normalized spacial score (nSPS) is 20.7. The van der Waals surface area contributed by atoms with Gasteiger partial charge in [0.05, 0.1) is 6.54 Å². The third kappa shape index (κ3) is 3.90. The van der Waals surface area contributed by atoms with Gasteiger partial charge in [-0.15, -0.1) is 0 Å². The highest BCUT2D eigenvalue weighted by Gasteiger charge is 2.47. The Hall–Kier alpha value is -2.55. The quantitative estimate of drug-likeness (QED) is 0.683. The van der Waals surface area contributed by atoms with Crippen LogP contribution in [0.2, 0.25) is 0 Å². The molecule has 1 spiro atoms. The minimum absolute atomic E-state index is 0.0849. The van der Waals surface area contributed by atoms with E-state index in [0.717, 1.165) is 43.9 Å². The summed E-state index contributed by atoms with van der Waals surface area (Å²) in [6.45, 7) is 3.75. The van der Waals surface area contributed by atoms with Crippen LogP contribution in [0.25, 0.3) is 0 Å². The van der Waals surface area contributed by atoms with E-state index in [4.69, 9.17) is 4.74 Å². The van der Waals surface area contributed by atoms with E-state index < -0.39 is 11.7 Å². The van der Waals surface area contributed by atoms with E-state index in [-0.39, 0.29) is 5.91 Å². The first kappa shape index (κ1) is 19.4. The lowest BCUT2D eigenvalue weighted by Gasteiger charge is -2.45. The SMILES string of the molecule is O=C(NCc1cccnc1)C1Cn2ccnc2C2(CCN(Cc3ccsc3)CC2)O1. The largest absolute Gasteiger partial charge is 0.352 e. The molecule has 1 fully saturated rings. The number of thiophene rings is 1. The van der Waals surface area contributed by atoms with Gasteiger partial charge in [0.1, 0.15) is 11.4 Å². The maximum Gasteiger partial charge on any atom is 0.251 e. The maximum atomic E-state index is 12.9. The van der Waals surface area contributed by atoms with Crippen molar-refractivity contribution in [2.75, 3.05) is 13.1 Å². The van der Waals surface area contributed by atoms with Gasteiger partial charge in [0, 0.05) is 51.0 Å². The minimum Gasteiger partial charge on any atom is -0.352 e. The number of likely N-dealkylation sites (tertiary alicyclic amines) is 1. The fourth-order valence-corrected chi connectivity index (χ4v) is 5.05. The zero-order valence-corrected chi connectivity index (χ0v) is 17.6. The van der Waals surface area contributed by atoms with Crippen LogP contribution in [-0.2, 0) is 34.8 Å². The maximum absolute atomic E-state index is 12.9. The molecule has 1 saturated heterocycles. The van der Waals surface area contributed by atoms with E-state index >= 15 is 0 Å². The van der Waals surface area contributed by atoms with E-state index in [1.807, 2.05) is 24.5 Å². The van der Waals surface area contributed by atoms with E-state index in [1.165, 1.54) is 5.56 Å². The minimum atomic E-state index is -0.521. The number of pyridine rings is 1. The standard InChI is InChI=1S/C22H25N5O2S/c28-20(25-13-17-2-1-6-23-12-17)19-15-27-10-7-24-21(27)22(29-19)4-8-26(9-5-22)14-18-3-11-30-16-18/h1-3,6-7,10-12,16,19H,4-5,8-9,13-15H2,(H,25,28). The number of ether oxygens (including phenoxy) is 1. The Bertz CT molecular complexity index is 980. The number of nitrogens with one attached hydrogen (secondary N) is 1. The van der Waals surface area contributed by atoms with Crippen LogP contribution in [0.3, 0.4) is 0 Å². The molecule has 2 aliphatic rings. The Balaban J connectivity index is 1.27. The molecular formula is C22H25N5O2S. The highest BCUT2D eigenvalue weighted by Crippen LogP contribution is 2.40. The molecule has 5 heterocycles. The average Bonchev–Trinajstić information content (AvgIpc) is 3.47. The van der Waals surface area contributed by atoms with Gasteiger partial charge in [-0.3, -0.25) is 14.7 Å². The highest BCUT2D eigenvalue weighted by atomic mass is 32.1. The number of rotatable bonds is 5. The first-order chi connectivity index (χ1) is 14.7. The Kier molecular flexibility index (Phi) is 5.37. The fraction of sp³-hybridized carbons (Fsp3) is 0.409. The lowest BCUT2D eigenvalue weighted by Crippen LogP contribution is -2.53. The van der Waals surface area contributed by atoms with Gasteiger partial charge < -0.3 is 14.6 Å². The molecule has 1 unspecified atom stereocenters. The third-order valence-corrected chi connectivity index (χ3v) is 6.72. The van der Waals surface area contributed by atoms with Gasteiger partial charge in [0.15, 0.2) is 6.10 Å². The van der Waals surface area contributed by atoms with Crippen molar-refractivity contribution in [1.29, 1.82) is 0 Å². The number of amides is 1. The first-order valence-corrected chi connectivity index (χ1v) is 11.3. The number of hydrogen-bond acceptors (Lipinski definition) is 6. The molecule has 1 amide bonds. The van der Waals surface area contributed by atoms with Crippen LogP contribution in [0.5, 0.6) is 0 Å².